The number of hydrogen-bond acceptors (Lipinski definition) is 2. The van der Waals surface area contributed by atoms with Crippen LogP contribution < -0.4 is 0 Å². The maximum Gasteiger partial charge on any atom is 0.0750 e. The van der Waals surface area contributed by atoms with Crippen molar-refractivity contribution in [1.82, 2.24) is 0 Å². The molecular formula is C40H36N2. The smallest absolute Gasteiger partial charge is 0.0750 e. The van der Waals surface area contributed by atoms with Gasteiger partial charge < -0.3 is 0 Å². The lowest BCUT2D eigenvalue weighted by Crippen LogP contribution is -2.07. The Morgan fingerprint density at radius 3 is 1.19 bits per heavy atom. The van der Waals surface area contributed by atoms with Crippen LogP contribution >= 0.6 is 0 Å². The predicted molar refractivity (Wildman–Crippen MR) is 181 cm³/mol. The van der Waals surface area contributed by atoms with Gasteiger partial charge in [-0.05, 0) is 46.9 Å². The topological polar surface area (TPSA) is 24.7 Å². The summed E-state index contributed by atoms with van der Waals surface area (Å²) in [7, 11) is 0. The fourth-order valence-corrected chi connectivity index (χ4v) is 5.83. The van der Waals surface area contributed by atoms with Gasteiger partial charge in [0, 0.05) is 22.6 Å². The van der Waals surface area contributed by atoms with E-state index in [1.54, 1.807) is 0 Å². The van der Waals surface area contributed by atoms with Gasteiger partial charge in [0.1, 0.15) is 0 Å². The van der Waals surface area contributed by atoms with E-state index in [0.29, 0.717) is 0 Å². The van der Waals surface area contributed by atoms with Crippen LogP contribution in [0.25, 0.3) is 21.5 Å². The van der Waals surface area contributed by atoms with Gasteiger partial charge in [0.15, 0.2) is 0 Å². The van der Waals surface area contributed by atoms with Crippen molar-refractivity contribution in [2.45, 2.75) is 39.5 Å². The fourth-order valence-electron chi connectivity index (χ4n) is 5.83. The highest BCUT2D eigenvalue weighted by Crippen LogP contribution is 2.39. The van der Waals surface area contributed by atoms with Crippen LogP contribution in [0.2, 0.25) is 0 Å². The summed E-state index contributed by atoms with van der Waals surface area (Å²) in [5, 5.41) is 4.70. The Hall–Kier alpha value is -4.82. The van der Waals surface area contributed by atoms with Gasteiger partial charge in [0.25, 0.3) is 0 Å². The first-order valence-electron chi connectivity index (χ1n) is 14.8. The maximum absolute atomic E-state index is 5.33. The zero-order valence-electron chi connectivity index (χ0n) is 24.8. The molecule has 0 fully saturated rings. The number of hydrogen-bond donors (Lipinski definition) is 0. The Morgan fingerprint density at radius 2 is 0.786 bits per heavy atom. The molecule has 0 heterocycles. The molecule has 0 aromatic heterocycles. The van der Waals surface area contributed by atoms with Crippen molar-refractivity contribution < 1.29 is 0 Å². The molecule has 2 atom stereocenters. The summed E-state index contributed by atoms with van der Waals surface area (Å²) in [4.78, 5) is 10.7. The Balaban J connectivity index is 1.49. The summed E-state index contributed by atoms with van der Waals surface area (Å²) in [5.74, 6) is 0.409. The maximum atomic E-state index is 5.33. The molecule has 0 saturated heterocycles. The van der Waals surface area contributed by atoms with Gasteiger partial charge in [0.05, 0.1) is 22.8 Å². The summed E-state index contributed by atoms with van der Waals surface area (Å²) < 4.78 is 0. The number of nitrogens with zero attached hydrogens (tertiary/aromatic N) is 2. The van der Waals surface area contributed by atoms with Gasteiger partial charge >= 0.3 is 0 Å². The summed E-state index contributed by atoms with van der Waals surface area (Å²) in [6.07, 6.45) is 0. The minimum absolute atomic E-state index is 0.205. The molecule has 0 aliphatic carbocycles. The average molecular weight is 545 g/mol. The van der Waals surface area contributed by atoms with Gasteiger partial charge in [0.2, 0.25) is 0 Å². The van der Waals surface area contributed by atoms with E-state index in [4.69, 9.17) is 9.98 Å². The molecule has 0 saturated carbocycles. The Bertz CT molecular complexity index is 1770. The van der Waals surface area contributed by atoms with Crippen LogP contribution in [-0.2, 0) is 0 Å². The highest BCUT2D eigenvalue weighted by atomic mass is 14.8. The summed E-state index contributed by atoms with van der Waals surface area (Å²) in [6, 6.07) is 47.3. The van der Waals surface area contributed by atoms with Gasteiger partial charge in [-0.1, -0.05) is 147 Å². The lowest BCUT2D eigenvalue weighted by atomic mass is 9.89. The highest BCUT2D eigenvalue weighted by molar-refractivity contribution is 6.42. The van der Waals surface area contributed by atoms with Crippen LogP contribution in [0.3, 0.4) is 0 Å². The third kappa shape index (κ3) is 5.41. The second-order valence-electron chi connectivity index (χ2n) is 11.1. The van der Waals surface area contributed by atoms with E-state index in [1.807, 2.05) is 0 Å². The standard InChI is InChI=1S/C40H36N2/c1-27(31-15-7-5-8-16-31)35-25-23-33-19-11-13-21-37(33)39(35)41-29(3)30(4)42-40-36(28(2)32-17-9-6-10-18-32)26-24-34-20-12-14-22-38(34)40/h5-28H,1-4H3/t27-,28+. The van der Waals surface area contributed by atoms with Crippen molar-refractivity contribution in [3.05, 3.63) is 156 Å². The normalized spacial score (nSPS) is 13.8. The minimum atomic E-state index is 0.205. The molecule has 0 radical (unpaired) electrons. The summed E-state index contributed by atoms with van der Waals surface area (Å²) in [5.41, 5.74) is 8.87. The summed E-state index contributed by atoms with van der Waals surface area (Å²) in [6.45, 7) is 8.70. The van der Waals surface area contributed by atoms with Gasteiger partial charge in [-0.2, -0.15) is 0 Å². The molecule has 2 nitrogen and oxygen atoms in total. The quantitative estimate of drug-likeness (QED) is 0.179. The largest absolute Gasteiger partial charge is 0.251 e. The van der Waals surface area contributed by atoms with Crippen molar-refractivity contribution in [3.63, 3.8) is 0 Å². The van der Waals surface area contributed by atoms with E-state index in [0.717, 1.165) is 33.6 Å². The number of fused-ring (bicyclic) bond motifs is 2. The van der Waals surface area contributed by atoms with E-state index in [2.05, 4.69) is 161 Å². The second-order valence-corrected chi connectivity index (χ2v) is 11.1. The monoisotopic (exact) mass is 544 g/mol. The highest BCUT2D eigenvalue weighted by Gasteiger charge is 2.18. The molecule has 6 aromatic rings. The third-order valence-electron chi connectivity index (χ3n) is 8.48. The Morgan fingerprint density at radius 1 is 0.429 bits per heavy atom. The minimum Gasteiger partial charge on any atom is -0.251 e. The Labute approximate surface area is 249 Å². The van der Waals surface area contributed by atoms with Crippen molar-refractivity contribution in [1.29, 1.82) is 0 Å². The van der Waals surface area contributed by atoms with Gasteiger partial charge in [-0.3, -0.25) is 9.98 Å². The van der Waals surface area contributed by atoms with E-state index < -0.39 is 0 Å². The molecule has 0 unspecified atom stereocenters. The van der Waals surface area contributed by atoms with Crippen LogP contribution in [0.15, 0.2) is 143 Å². The molecule has 0 amide bonds. The third-order valence-corrected chi connectivity index (χ3v) is 8.48. The van der Waals surface area contributed by atoms with Gasteiger partial charge in [-0.15, -0.1) is 0 Å². The lowest BCUT2D eigenvalue weighted by Gasteiger charge is -2.18. The average Bonchev–Trinajstić information content (AvgIpc) is 3.05. The molecule has 0 aliphatic heterocycles. The second kappa shape index (κ2) is 12.0. The van der Waals surface area contributed by atoms with Crippen LogP contribution in [-0.4, -0.2) is 11.4 Å². The van der Waals surface area contributed by atoms with Crippen molar-refractivity contribution in [2.24, 2.45) is 9.98 Å². The first-order chi connectivity index (χ1) is 20.5. The first-order valence-corrected chi connectivity index (χ1v) is 14.8. The molecule has 42 heavy (non-hydrogen) atoms. The molecule has 0 aliphatic rings. The van der Waals surface area contributed by atoms with E-state index in [9.17, 15) is 0 Å². The molecule has 2 heteroatoms. The first kappa shape index (κ1) is 27.4. The number of aliphatic imine (C=N–C) groups is 2. The summed E-state index contributed by atoms with van der Waals surface area (Å²) >= 11 is 0. The molecule has 206 valence electrons. The lowest BCUT2D eigenvalue weighted by molar-refractivity contribution is 0.924. The van der Waals surface area contributed by atoms with E-state index >= 15 is 0 Å². The zero-order chi connectivity index (χ0) is 29.1. The molecule has 0 N–H and O–H groups in total. The molecular weight excluding hydrogens is 508 g/mol. The molecule has 0 spiro atoms. The fraction of sp³-hybridized carbons (Fsp3) is 0.150. The van der Waals surface area contributed by atoms with Gasteiger partial charge in [-0.25, -0.2) is 0 Å². The predicted octanol–water partition coefficient (Wildman–Crippen LogP) is 11.2. The van der Waals surface area contributed by atoms with Crippen LogP contribution in [0.5, 0.6) is 0 Å². The zero-order valence-corrected chi connectivity index (χ0v) is 24.8. The van der Waals surface area contributed by atoms with Crippen molar-refractivity contribution >= 4 is 44.3 Å². The molecule has 0 bridgehead atoms. The van der Waals surface area contributed by atoms with Crippen LogP contribution in [0.1, 0.15) is 61.8 Å². The molecule has 6 rings (SSSR count). The molecule has 6 aromatic carbocycles. The number of benzene rings is 6. The SMILES string of the molecule is CC(=Nc1c([C@H](C)c2ccccc2)ccc2ccccc12)C(C)=Nc1c([C@@H](C)c2ccccc2)ccc2ccccc12. The van der Waals surface area contributed by atoms with Crippen molar-refractivity contribution in [3.8, 4) is 0 Å². The number of rotatable bonds is 7. The van der Waals surface area contributed by atoms with Crippen LogP contribution in [0.4, 0.5) is 11.4 Å². The van der Waals surface area contributed by atoms with Crippen LogP contribution in [0, 0.1) is 0 Å². The van der Waals surface area contributed by atoms with E-state index in [1.165, 1.54) is 33.0 Å². The Kier molecular flexibility index (Phi) is 7.79. The van der Waals surface area contributed by atoms with E-state index in [-0.39, 0.29) is 11.8 Å². The van der Waals surface area contributed by atoms with Crippen molar-refractivity contribution in [2.75, 3.05) is 0 Å².